The zero-order valence-corrected chi connectivity index (χ0v) is 12.6. The van der Waals surface area contributed by atoms with Crippen molar-refractivity contribution in [2.24, 2.45) is 10.7 Å². The van der Waals surface area contributed by atoms with Gasteiger partial charge in [0.05, 0.1) is 11.7 Å². The van der Waals surface area contributed by atoms with E-state index < -0.39 is 5.95 Å². The van der Waals surface area contributed by atoms with Gasteiger partial charge in [-0.3, -0.25) is 4.99 Å². The van der Waals surface area contributed by atoms with E-state index in [1.165, 1.54) is 0 Å². The molecule has 4 N–H and O–H groups in total. The molecule has 0 spiro atoms. The molecule has 1 aromatic carbocycles. The first-order valence-electron chi connectivity index (χ1n) is 7.54. The third-order valence-electron chi connectivity index (χ3n) is 3.90. The summed E-state index contributed by atoms with van der Waals surface area (Å²) in [6, 6.07) is 5.35. The van der Waals surface area contributed by atoms with Crippen molar-refractivity contribution >= 4 is 17.6 Å². The lowest BCUT2D eigenvalue weighted by atomic mass is 10.1. The molecule has 1 unspecified atom stereocenters. The number of rotatable bonds is 1. The van der Waals surface area contributed by atoms with Gasteiger partial charge in [0.1, 0.15) is 11.5 Å². The molecular formula is C16H20FN5. The summed E-state index contributed by atoms with van der Waals surface area (Å²) in [5.74, 6) is 0.0408. The molecule has 22 heavy (non-hydrogen) atoms. The minimum Gasteiger partial charge on any atom is -0.388 e. The first kappa shape index (κ1) is 14.7. The number of nitrogens with one attached hydrogen (secondary N) is 2. The molecular weight excluding hydrogens is 281 g/mol. The predicted molar refractivity (Wildman–Crippen MR) is 87.1 cm³/mol. The normalized spacial score (nSPS) is 18.2. The smallest absolute Gasteiger partial charge is 0.219 e. The topological polar surface area (TPSA) is 79.1 Å². The number of halogens is 1. The van der Waals surface area contributed by atoms with Gasteiger partial charge in [-0.15, -0.1) is 0 Å². The van der Waals surface area contributed by atoms with Crippen molar-refractivity contribution in [3.8, 4) is 11.3 Å². The van der Waals surface area contributed by atoms with Crippen LogP contribution in [0.15, 0.2) is 23.2 Å². The number of aliphatic imine (C=N–C) groups is 1. The summed E-state index contributed by atoms with van der Waals surface area (Å²) in [6.45, 7) is 0. The second kappa shape index (κ2) is 6.27. The van der Waals surface area contributed by atoms with Crippen LogP contribution in [0.25, 0.3) is 11.3 Å². The zero-order chi connectivity index (χ0) is 15.5. The van der Waals surface area contributed by atoms with Crippen molar-refractivity contribution < 1.29 is 4.39 Å². The number of H-pyrrole nitrogens is 1. The van der Waals surface area contributed by atoms with Crippen LogP contribution in [0.2, 0.25) is 0 Å². The lowest BCUT2D eigenvalue weighted by molar-refractivity contribution is 0.552. The summed E-state index contributed by atoms with van der Waals surface area (Å²) >= 11 is 0. The van der Waals surface area contributed by atoms with E-state index in [-0.39, 0.29) is 11.7 Å². The molecule has 2 heterocycles. The number of anilines is 1. The van der Waals surface area contributed by atoms with E-state index in [4.69, 9.17) is 5.73 Å². The maximum atomic E-state index is 14.3. The molecule has 0 saturated heterocycles. The van der Waals surface area contributed by atoms with E-state index in [2.05, 4.69) is 20.3 Å². The molecule has 0 amide bonds. The van der Waals surface area contributed by atoms with Crippen molar-refractivity contribution in [1.29, 1.82) is 0 Å². The minimum atomic E-state index is -0.460. The maximum Gasteiger partial charge on any atom is 0.219 e. The quantitative estimate of drug-likeness (QED) is 0.754. The number of hydrogen-bond donors (Lipinski definition) is 3. The zero-order valence-electron chi connectivity index (χ0n) is 12.6. The lowest BCUT2D eigenvalue weighted by Gasteiger charge is -2.09. The SMILES string of the molecule is CNc1ccc2c(c1)N=CCCCCC(N)c1nc-2c(F)[nH]1. The third-order valence-corrected chi connectivity index (χ3v) is 3.90. The predicted octanol–water partition coefficient (Wildman–Crippen LogP) is 3.53. The van der Waals surface area contributed by atoms with Gasteiger partial charge in [-0.25, -0.2) is 4.98 Å². The molecule has 2 bridgehead atoms. The van der Waals surface area contributed by atoms with Crippen LogP contribution in [0.1, 0.15) is 37.5 Å². The first-order chi connectivity index (χ1) is 10.7. The molecule has 1 aliphatic rings. The molecule has 6 heteroatoms. The van der Waals surface area contributed by atoms with Gasteiger partial charge >= 0.3 is 0 Å². The van der Waals surface area contributed by atoms with Gasteiger partial charge in [0, 0.05) is 24.5 Å². The number of imidazole rings is 1. The molecule has 3 rings (SSSR count). The van der Waals surface area contributed by atoms with Crippen LogP contribution in [0.4, 0.5) is 15.8 Å². The number of benzene rings is 1. The number of nitrogens with two attached hydrogens (primary N) is 1. The average molecular weight is 301 g/mol. The van der Waals surface area contributed by atoms with Crippen LogP contribution in [-0.2, 0) is 0 Å². The number of aromatic amines is 1. The van der Waals surface area contributed by atoms with Crippen molar-refractivity contribution in [3.05, 3.63) is 30.0 Å². The summed E-state index contributed by atoms with van der Waals surface area (Å²) in [4.78, 5) is 11.6. The Morgan fingerprint density at radius 2 is 2.23 bits per heavy atom. The largest absolute Gasteiger partial charge is 0.388 e. The van der Waals surface area contributed by atoms with Gasteiger partial charge < -0.3 is 16.0 Å². The third kappa shape index (κ3) is 2.87. The fraction of sp³-hybridized carbons (Fsp3) is 0.375. The van der Waals surface area contributed by atoms with Crippen LogP contribution in [0.5, 0.6) is 0 Å². The van der Waals surface area contributed by atoms with E-state index in [9.17, 15) is 4.39 Å². The second-order valence-corrected chi connectivity index (χ2v) is 5.47. The monoisotopic (exact) mass is 301 g/mol. The second-order valence-electron chi connectivity index (χ2n) is 5.47. The summed E-state index contributed by atoms with van der Waals surface area (Å²) in [5, 5.41) is 3.07. The molecule has 1 aromatic heterocycles. The Labute approximate surface area is 128 Å². The van der Waals surface area contributed by atoms with E-state index in [0.717, 1.165) is 31.4 Å². The highest BCUT2D eigenvalue weighted by atomic mass is 19.1. The van der Waals surface area contributed by atoms with Gasteiger partial charge in [-0.05, 0) is 37.5 Å². The van der Waals surface area contributed by atoms with Crippen LogP contribution >= 0.6 is 0 Å². The van der Waals surface area contributed by atoms with Crippen molar-refractivity contribution in [3.63, 3.8) is 0 Å². The fourth-order valence-corrected chi connectivity index (χ4v) is 2.62. The van der Waals surface area contributed by atoms with Crippen LogP contribution in [0, 0.1) is 5.95 Å². The molecule has 1 aliphatic heterocycles. The molecule has 116 valence electrons. The summed E-state index contributed by atoms with van der Waals surface area (Å²) < 4.78 is 14.3. The Morgan fingerprint density at radius 1 is 1.36 bits per heavy atom. The minimum absolute atomic E-state index is 0.264. The molecule has 0 radical (unpaired) electrons. The van der Waals surface area contributed by atoms with Gasteiger partial charge in [-0.1, -0.05) is 6.42 Å². The summed E-state index contributed by atoms with van der Waals surface area (Å²) in [5.41, 5.74) is 8.67. The molecule has 5 nitrogen and oxygen atoms in total. The molecule has 2 aromatic rings. The van der Waals surface area contributed by atoms with Crippen molar-refractivity contribution in [2.75, 3.05) is 12.4 Å². The Morgan fingerprint density at radius 3 is 3.05 bits per heavy atom. The Bertz CT molecular complexity index is 692. The molecule has 1 atom stereocenters. The van der Waals surface area contributed by atoms with Crippen LogP contribution in [-0.4, -0.2) is 23.2 Å². The van der Waals surface area contributed by atoms with Gasteiger partial charge in [0.25, 0.3) is 0 Å². The van der Waals surface area contributed by atoms with Gasteiger partial charge in [0.15, 0.2) is 0 Å². The number of hydrogen-bond acceptors (Lipinski definition) is 4. The first-order valence-corrected chi connectivity index (χ1v) is 7.54. The maximum absolute atomic E-state index is 14.3. The van der Waals surface area contributed by atoms with E-state index in [1.807, 2.05) is 31.5 Å². The van der Waals surface area contributed by atoms with Crippen LogP contribution < -0.4 is 11.1 Å². The van der Waals surface area contributed by atoms with Crippen molar-refractivity contribution in [1.82, 2.24) is 9.97 Å². The van der Waals surface area contributed by atoms with Crippen molar-refractivity contribution in [2.45, 2.75) is 31.7 Å². The number of nitrogens with zero attached hydrogens (tertiary/aromatic N) is 2. The number of fused-ring (bicyclic) bond motifs is 4. The van der Waals surface area contributed by atoms with Gasteiger partial charge in [0.2, 0.25) is 5.95 Å². The Kier molecular flexibility index (Phi) is 4.20. The summed E-state index contributed by atoms with van der Waals surface area (Å²) in [6.07, 6.45) is 5.53. The standard InChI is InChI=1S/C16H20FN5/c1-19-10-6-7-11-13(9-10)20-8-4-2-3-5-12(18)16-21-14(11)15(17)22-16/h6-9,12,19H,2-5,18H2,1H3,(H,21,22). The summed E-state index contributed by atoms with van der Waals surface area (Å²) in [7, 11) is 1.84. The van der Waals surface area contributed by atoms with E-state index >= 15 is 0 Å². The average Bonchev–Trinajstić information content (AvgIpc) is 2.91. The molecule has 0 saturated carbocycles. The van der Waals surface area contributed by atoms with E-state index in [0.29, 0.717) is 17.1 Å². The molecule has 0 aliphatic carbocycles. The highest BCUT2D eigenvalue weighted by Gasteiger charge is 2.19. The lowest BCUT2D eigenvalue weighted by Crippen LogP contribution is -2.12. The van der Waals surface area contributed by atoms with Crippen LogP contribution in [0.3, 0.4) is 0 Å². The Balaban J connectivity index is 2.13. The van der Waals surface area contributed by atoms with Gasteiger partial charge in [-0.2, -0.15) is 4.39 Å². The number of aromatic nitrogens is 2. The highest BCUT2D eigenvalue weighted by molar-refractivity contribution is 5.80. The molecule has 0 fully saturated rings. The van der Waals surface area contributed by atoms with E-state index in [1.54, 1.807) is 0 Å². The Hall–Kier alpha value is -2.21. The fourth-order valence-electron chi connectivity index (χ4n) is 2.62. The highest BCUT2D eigenvalue weighted by Crippen LogP contribution is 2.34.